The van der Waals surface area contributed by atoms with E-state index in [1.165, 1.54) is 6.26 Å². The smallest absolute Gasteiger partial charge is 0.291 e. The van der Waals surface area contributed by atoms with Gasteiger partial charge in [0.15, 0.2) is 5.76 Å². The van der Waals surface area contributed by atoms with Crippen molar-refractivity contribution in [1.29, 1.82) is 0 Å². The van der Waals surface area contributed by atoms with Gasteiger partial charge in [-0.2, -0.15) is 0 Å². The summed E-state index contributed by atoms with van der Waals surface area (Å²) < 4.78 is 5.12. The van der Waals surface area contributed by atoms with Crippen LogP contribution in [0.15, 0.2) is 47.1 Å². The predicted octanol–water partition coefficient (Wildman–Crippen LogP) is 4.08. The standard InChI is InChI=1S/C24H31N3O4/c1-3-17(2)21(24(30)27-14-8-4-5-9-15-27)26-22(28)18-11-6-7-12-19(18)25-23(29)20-13-10-16-31-20/h6-7,10-13,16-17,21H,3-5,8-9,14-15H2,1-2H3,(H,25,29)(H,26,28). The number of hydrogen-bond acceptors (Lipinski definition) is 4. The number of nitrogens with zero attached hydrogens (tertiary/aromatic N) is 1. The van der Waals surface area contributed by atoms with Gasteiger partial charge in [0.05, 0.1) is 17.5 Å². The first-order valence-corrected chi connectivity index (χ1v) is 11.0. The Balaban J connectivity index is 1.77. The Labute approximate surface area is 183 Å². The van der Waals surface area contributed by atoms with E-state index in [0.29, 0.717) is 11.3 Å². The lowest BCUT2D eigenvalue weighted by molar-refractivity contribution is -0.134. The van der Waals surface area contributed by atoms with Crippen LogP contribution in [0, 0.1) is 5.92 Å². The normalized spacial score (nSPS) is 16.1. The second-order valence-corrected chi connectivity index (χ2v) is 8.05. The molecule has 2 heterocycles. The fraction of sp³-hybridized carbons (Fsp3) is 0.458. The molecule has 1 aromatic carbocycles. The third-order valence-corrected chi connectivity index (χ3v) is 5.85. The van der Waals surface area contributed by atoms with Gasteiger partial charge in [-0.3, -0.25) is 14.4 Å². The summed E-state index contributed by atoms with van der Waals surface area (Å²) in [6.45, 7) is 5.46. The lowest BCUT2D eigenvalue weighted by atomic mass is 9.97. The first kappa shape index (κ1) is 22.6. The van der Waals surface area contributed by atoms with Gasteiger partial charge >= 0.3 is 0 Å². The molecule has 166 valence electrons. The first-order chi connectivity index (χ1) is 15.0. The summed E-state index contributed by atoms with van der Waals surface area (Å²) in [5.41, 5.74) is 0.672. The van der Waals surface area contributed by atoms with Crippen molar-refractivity contribution in [3.8, 4) is 0 Å². The minimum absolute atomic E-state index is 0.00965. The molecule has 0 spiro atoms. The molecule has 3 amide bonds. The summed E-state index contributed by atoms with van der Waals surface area (Å²) in [4.78, 5) is 40.7. The summed E-state index contributed by atoms with van der Waals surface area (Å²) in [6, 6.07) is 9.33. The van der Waals surface area contributed by atoms with E-state index in [1.807, 2.05) is 18.7 Å². The number of carbonyl (C=O) groups is 3. The molecule has 7 nitrogen and oxygen atoms in total. The van der Waals surface area contributed by atoms with Crippen molar-refractivity contribution >= 4 is 23.4 Å². The van der Waals surface area contributed by atoms with E-state index in [2.05, 4.69) is 10.6 Å². The van der Waals surface area contributed by atoms with Crippen LogP contribution in [0.3, 0.4) is 0 Å². The van der Waals surface area contributed by atoms with Crippen LogP contribution in [0.2, 0.25) is 0 Å². The highest BCUT2D eigenvalue weighted by Gasteiger charge is 2.31. The summed E-state index contributed by atoms with van der Waals surface area (Å²) in [7, 11) is 0. The molecule has 2 N–H and O–H groups in total. The second-order valence-electron chi connectivity index (χ2n) is 8.05. The fourth-order valence-corrected chi connectivity index (χ4v) is 3.77. The van der Waals surface area contributed by atoms with Crippen LogP contribution < -0.4 is 10.6 Å². The summed E-state index contributed by atoms with van der Waals surface area (Å²) in [5, 5.41) is 5.67. The number of rotatable bonds is 7. The highest BCUT2D eigenvalue weighted by Crippen LogP contribution is 2.20. The van der Waals surface area contributed by atoms with Crippen molar-refractivity contribution in [2.24, 2.45) is 5.92 Å². The molecule has 3 rings (SSSR count). The van der Waals surface area contributed by atoms with E-state index in [4.69, 9.17) is 4.42 Å². The van der Waals surface area contributed by atoms with Crippen molar-refractivity contribution in [2.45, 2.75) is 52.0 Å². The molecule has 1 aromatic heterocycles. The van der Waals surface area contributed by atoms with Crippen molar-refractivity contribution in [3.63, 3.8) is 0 Å². The number of nitrogens with one attached hydrogen (secondary N) is 2. The topological polar surface area (TPSA) is 91.6 Å². The maximum absolute atomic E-state index is 13.3. The lowest BCUT2D eigenvalue weighted by Crippen LogP contribution is -2.52. The van der Waals surface area contributed by atoms with Crippen LogP contribution >= 0.6 is 0 Å². The van der Waals surface area contributed by atoms with Crippen molar-refractivity contribution in [3.05, 3.63) is 54.0 Å². The van der Waals surface area contributed by atoms with Crippen molar-refractivity contribution < 1.29 is 18.8 Å². The van der Waals surface area contributed by atoms with Gasteiger partial charge < -0.3 is 20.0 Å². The molecule has 0 radical (unpaired) electrons. The number of para-hydroxylation sites is 1. The molecule has 31 heavy (non-hydrogen) atoms. The predicted molar refractivity (Wildman–Crippen MR) is 119 cm³/mol. The lowest BCUT2D eigenvalue weighted by Gasteiger charge is -2.30. The number of likely N-dealkylation sites (tertiary alicyclic amines) is 1. The number of carbonyl (C=O) groups excluding carboxylic acids is 3. The van der Waals surface area contributed by atoms with Crippen LogP contribution in [-0.2, 0) is 4.79 Å². The van der Waals surface area contributed by atoms with Crippen molar-refractivity contribution in [2.75, 3.05) is 18.4 Å². The van der Waals surface area contributed by atoms with Crippen LogP contribution in [0.4, 0.5) is 5.69 Å². The van der Waals surface area contributed by atoms with E-state index >= 15 is 0 Å². The molecule has 1 aliphatic rings. The third-order valence-electron chi connectivity index (χ3n) is 5.85. The molecule has 0 saturated carbocycles. The molecule has 0 aliphatic carbocycles. The summed E-state index contributed by atoms with van der Waals surface area (Å²) in [6.07, 6.45) is 6.43. The molecule has 7 heteroatoms. The van der Waals surface area contributed by atoms with Gasteiger partial charge in [0.2, 0.25) is 5.91 Å². The highest BCUT2D eigenvalue weighted by atomic mass is 16.3. The monoisotopic (exact) mass is 425 g/mol. The Bertz CT molecular complexity index is 886. The molecule has 2 aromatic rings. The zero-order chi connectivity index (χ0) is 22.2. The molecular weight excluding hydrogens is 394 g/mol. The van der Waals surface area contributed by atoms with Crippen LogP contribution in [0.25, 0.3) is 0 Å². The Morgan fingerprint density at radius 3 is 2.35 bits per heavy atom. The number of amides is 3. The van der Waals surface area contributed by atoms with E-state index in [-0.39, 0.29) is 23.5 Å². The molecule has 1 fully saturated rings. The highest BCUT2D eigenvalue weighted by molar-refractivity contribution is 6.08. The van der Waals surface area contributed by atoms with E-state index < -0.39 is 11.9 Å². The van der Waals surface area contributed by atoms with Crippen LogP contribution in [0.1, 0.15) is 66.9 Å². The summed E-state index contributed by atoms with van der Waals surface area (Å²) in [5.74, 6) is -0.705. The minimum atomic E-state index is -0.607. The molecule has 2 atom stereocenters. The van der Waals surface area contributed by atoms with Crippen molar-refractivity contribution in [1.82, 2.24) is 10.2 Å². The van der Waals surface area contributed by atoms with Gasteiger partial charge in [0, 0.05) is 13.1 Å². The summed E-state index contributed by atoms with van der Waals surface area (Å²) >= 11 is 0. The van der Waals surface area contributed by atoms with Gasteiger partial charge in [-0.25, -0.2) is 0 Å². The average Bonchev–Trinajstić information content (AvgIpc) is 3.19. The Morgan fingerprint density at radius 2 is 1.71 bits per heavy atom. The SMILES string of the molecule is CCC(C)C(NC(=O)c1ccccc1NC(=O)c1ccco1)C(=O)N1CCCCCC1. The van der Waals surface area contributed by atoms with Gasteiger partial charge in [-0.15, -0.1) is 0 Å². The average molecular weight is 426 g/mol. The third kappa shape index (κ3) is 5.75. The Kier molecular flexibility index (Phi) is 7.87. The van der Waals surface area contributed by atoms with E-state index in [9.17, 15) is 14.4 Å². The molecule has 0 bridgehead atoms. The van der Waals surface area contributed by atoms with Gasteiger partial charge in [-0.1, -0.05) is 45.2 Å². The number of hydrogen-bond donors (Lipinski definition) is 2. The van der Waals surface area contributed by atoms with E-state index in [0.717, 1.165) is 45.2 Å². The Morgan fingerprint density at radius 1 is 1.00 bits per heavy atom. The number of anilines is 1. The zero-order valence-electron chi connectivity index (χ0n) is 18.2. The minimum Gasteiger partial charge on any atom is -0.459 e. The van der Waals surface area contributed by atoms with Crippen LogP contribution in [0.5, 0.6) is 0 Å². The molecular formula is C24H31N3O4. The fourth-order valence-electron chi connectivity index (χ4n) is 3.77. The number of furan rings is 1. The number of benzene rings is 1. The zero-order valence-corrected chi connectivity index (χ0v) is 18.2. The maximum atomic E-state index is 13.3. The second kappa shape index (κ2) is 10.8. The maximum Gasteiger partial charge on any atom is 0.291 e. The van der Waals surface area contributed by atoms with Gasteiger partial charge in [0.1, 0.15) is 6.04 Å². The van der Waals surface area contributed by atoms with Gasteiger partial charge in [0.25, 0.3) is 11.8 Å². The first-order valence-electron chi connectivity index (χ1n) is 11.0. The molecule has 1 saturated heterocycles. The molecule has 1 aliphatic heterocycles. The van der Waals surface area contributed by atoms with Crippen LogP contribution in [-0.4, -0.2) is 41.8 Å². The van der Waals surface area contributed by atoms with Gasteiger partial charge in [-0.05, 0) is 43.0 Å². The Hall–Kier alpha value is -3.09. The molecule has 2 unspecified atom stereocenters. The van der Waals surface area contributed by atoms with E-state index in [1.54, 1.807) is 36.4 Å². The quantitative estimate of drug-likeness (QED) is 0.699. The largest absolute Gasteiger partial charge is 0.459 e.